The molecule has 0 aliphatic carbocycles. The maximum Gasteiger partial charge on any atom is 0.245 e. The Bertz CT molecular complexity index is 806. The second-order valence-electron chi connectivity index (χ2n) is 5.50. The van der Waals surface area contributed by atoms with E-state index in [1.807, 2.05) is 25.1 Å². The van der Waals surface area contributed by atoms with Gasteiger partial charge in [-0.1, -0.05) is 41.9 Å². The Morgan fingerprint density at radius 1 is 1.12 bits per heavy atom. The number of anilines is 1. The molecule has 0 N–H and O–H groups in total. The molecule has 0 saturated carbocycles. The molecule has 4 nitrogen and oxygen atoms in total. The van der Waals surface area contributed by atoms with Gasteiger partial charge in [-0.3, -0.25) is 4.79 Å². The maximum absolute atomic E-state index is 12.7. The van der Waals surface area contributed by atoms with Crippen LogP contribution in [0.3, 0.4) is 0 Å². The van der Waals surface area contributed by atoms with Crippen molar-refractivity contribution in [3.8, 4) is 0 Å². The van der Waals surface area contributed by atoms with E-state index in [1.54, 1.807) is 36.4 Å². The van der Waals surface area contributed by atoms with Crippen LogP contribution in [-0.2, 0) is 20.4 Å². The third kappa shape index (κ3) is 4.36. The van der Waals surface area contributed by atoms with E-state index in [4.69, 9.17) is 11.6 Å². The molecule has 1 amide bonds. The molecule has 0 fully saturated rings. The summed E-state index contributed by atoms with van der Waals surface area (Å²) in [4.78, 5) is 14.2. The van der Waals surface area contributed by atoms with E-state index in [1.165, 1.54) is 11.8 Å². The predicted octanol–water partition coefficient (Wildman–Crippen LogP) is 3.70. The van der Waals surface area contributed by atoms with Crippen LogP contribution in [0.2, 0.25) is 5.02 Å². The average Bonchev–Trinajstić information content (AvgIpc) is 2.55. The lowest BCUT2D eigenvalue weighted by atomic mass is 10.2. The summed E-state index contributed by atoms with van der Waals surface area (Å²) in [6, 6.07) is 15.7. The zero-order valence-electron chi connectivity index (χ0n) is 13.6. The molecule has 1 atom stereocenters. The number of carbonyl (C=O) groups is 1. The third-order valence-electron chi connectivity index (χ3n) is 3.79. The van der Waals surface area contributed by atoms with Gasteiger partial charge < -0.3 is 4.90 Å². The first-order valence-corrected chi connectivity index (χ1v) is 9.77. The fourth-order valence-corrected chi connectivity index (χ4v) is 3.97. The number of rotatable bonds is 6. The van der Waals surface area contributed by atoms with Crippen LogP contribution in [0, 0.1) is 0 Å². The molecular weight excluding hydrogens is 346 g/mol. The summed E-state index contributed by atoms with van der Waals surface area (Å²) >= 11 is 5.90. The van der Waals surface area contributed by atoms with Crippen molar-refractivity contribution in [3.05, 3.63) is 65.2 Å². The van der Waals surface area contributed by atoms with Gasteiger partial charge in [-0.15, -0.1) is 0 Å². The van der Waals surface area contributed by atoms with E-state index >= 15 is 0 Å². The minimum atomic E-state index is -3.64. The number of halogens is 1. The van der Waals surface area contributed by atoms with Crippen LogP contribution in [0.1, 0.15) is 19.4 Å². The normalized spacial score (nSPS) is 12.6. The molecule has 0 aliphatic rings. The SMILES string of the molecule is CCN(C(=O)[C@H](C)S(=O)(=O)Cc1cccc(Cl)c1)c1ccccc1. The Labute approximate surface area is 148 Å². The van der Waals surface area contributed by atoms with Crippen molar-refractivity contribution in [2.24, 2.45) is 0 Å². The molecule has 2 aromatic rings. The summed E-state index contributed by atoms with van der Waals surface area (Å²) < 4.78 is 25.2. The van der Waals surface area contributed by atoms with Gasteiger partial charge in [0.25, 0.3) is 0 Å². The number of nitrogens with zero attached hydrogens (tertiary/aromatic N) is 1. The zero-order chi connectivity index (χ0) is 17.7. The van der Waals surface area contributed by atoms with Crippen LogP contribution in [0.4, 0.5) is 5.69 Å². The lowest BCUT2D eigenvalue weighted by Gasteiger charge is -2.24. The highest BCUT2D eigenvalue weighted by Crippen LogP contribution is 2.20. The Morgan fingerprint density at radius 2 is 1.79 bits per heavy atom. The molecule has 2 aromatic carbocycles. The number of amides is 1. The van der Waals surface area contributed by atoms with Gasteiger partial charge in [0.1, 0.15) is 5.25 Å². The van der Waals surface area contributed by atoms with Crippen LogP contribution in [0.15, 0.2) is 54.6 Å². The lowest BCUT2D eigenvalue weighted by Crippen LogP contribution is -2.42. The van der Waals surface area contributed by atoms with Gasteiger partial charge in [-0.25, -0.2) is 8.42 Å². The van der Waals surface area contributed by atoms with Crippen molar-refractivity contribution in [1.29, 1.82) is 0 Å². The Morgan fingerprint density at radius 3 is 2.38 bits per heavy atom. The number of carbonyl (C=O) groups excluding carboxylic acids is 1. The lowest BCUT2D eigenvalue weighted by molar-refractivity contribution is -0.117. The van der Waals surface area contributed by atoms with Gasteiger partial charge in [-0.2, -0.15) is 0 Å². The quantitative estimate of drug-likeness (QED) is 0.784. The number of sulfone groups is 1. The van der Waals surface area contributed by atoms with Crippen molar-refractivity contribution in [1.82, 2.24) is 0 Å². The highest BCUT2D eigenvalue weighted by molar-refractivity contribution is 7.92. The molecule has 0 unspecified atom stereocenters. The largest absolute Gasteiger partial charge is 0.312 e. The van der Waals surface area contributed by atoms with Crippen molar-refractivity contribution in [2.75, 3.05) is 11.4 Å². The predicted molar refractivity (Wildman–Crippen MR) is 98.0 cm³/mol. The first-order chi connectivity index (χ1) is 11.3. The summed E-state index contributed by atoms with van der Waals surface area (Å²) in [6.45, 7) is 3.66. The molecule has 0 radical (unpaired) electrons. The molecule has 6 heteroatoms. The summed E-state index contributed by atoms with van der Waals surface area (Å²) in [7, 11) is -3.64. The second-order valence-corrected chi connectivity index (χ2v) is 8.26. The fraction of sp³-hybridized carbons (Fsp3) is 0.278. The van der Waals surface area contributed by atoms with Crippen molar-refractivity contribution < 1.29 is 13.2 Å². The first-order valence-electron chi connectivity index (χ1n) is 7.67. The van der Waals surface area contributed by atoms with Gasteiger partial charge in [-0.05, 0) is 43.7 Å². The molecule has 128 valence electrons. The van der Waals surface area contributed by atoms with E-state index in [0.717, 1.165) is 0 Å². The molecule has 2 rings (SSSR count). The first kappa shape index (κ1) is 18.5. The molecule has 0 spiro atoms. The van der Waals surface area contributed by atoms with Gasteiger partial charge in [0, 0.05) is 17.3 Å². The zero-order valence-corrected chi connectivity index (χ0v) is 15.2. The van der Waals surface area contributed by atoms with E-state index in [2.05, 4.69) is 0 Å². The van der Waals surface area contributed by atoms with E-state index in [-0.39, 0.29) is 5.75 Å². The summed E-state index contributed by atoms with van der Waals surface area (Å²) in [5, 5.41) is -0.655. The second kappa shape index (κ2) is 7.81. The molecule has 0 bridgehead atoms. The number of hydrogen-bond donors (Lipinski definition) is 0. The molecule has 24 heavy (non-hydrogen) atoms. The highest BCUT2D eigenvalue weighted by atomic mass is 35.5. The molecule has 0 saturated heterocycles. The van der Waals surface area contributed by atoms with Gasteiger partial charge in [0.05, 0.1) is 5.75 Å². The minimum Gasteiger partial charge on any atom is -0.312 e. The summed E-state index contributed by atoms with van der Waals surface area (Å²) in [5.41, 5.74) is 1.26. The van der Waals surface area contributed by atoms with Crippen molar-refractivity contribution >= 4 is 33.0 Å². The van der Waals surface area contributed by atoms with Crippen LogP contribution < -0.4 is 4.90 Å². The smallest absolute Gasteiger partial charge is 0.245 e. The molecule has 0 aromatic heterocycles. The average molecular weight is 366 g/mol. The van der Waals surface area contributed by atoms with Gasteiger partial charge in [0.15, 0.2) is 9.84 Å². The van der Waals surface area contributed by atoms with Crippen LogP contribution >= 0.6 is 11.6 Å². The Hall–Kier alpha value is -1.85. The minimum absolute atomic E-state index is 0.215. The van der Waals surface area contributed by atoms with Crippen LogP contribution in [0.5, 0.6) is 0 Å². The molecule has 0 aliphatic heterocycles. The van der Waals surface area contributed by atoms with Gasteiger partial charge in [0.2, 0.25) is 5.91 Å². The van der Waals surface area contributed by atoms with E-state index in [0.29, 0.717) is 22.8 Å². The fourth-order valence-electron chi connectivity index (χ4n) is 2.43. The van der Waals surface area contributed by atoms with Gasteiger partial charge >= 0.3 is 0 Å². The number of hydrogen-bond acceptors (Lipinski definition) is 3. The van der Waals surface area contributed by atoms with E-state index in [9.17, 15) is 13.2 Å². The highest BCUT2D eigenvalue weighted by Gasteiger charge is 2.31. The summed E-state index contributed by atoms with van der Waals surface area (Å²) in [5.74, 6) is -0.641. The van der Waals surface area contributed by atoms with Crippen molar-refractivity contribution in [3.63, 3.8) is 0 Å². The monoisotopic (exact) mass is 365 g/mol. The maximum atomic E-state index is 12.7. The topological polar surface area (TPSA) is 54.5 Å². The molecule has 0 heterocycles. The number of para-hydroxylation sites is 1. The van der Waals surface area contributed by atoms with Crippen molar-refractivity contribution in [2.45, 2.75) is 24.9 Å². The standard InChI is InChI=1S/C18H20ClNO3S/c1-3-20(17-10-5-4-6-11-17)18(21)14(2)24(22,23)13-15-8-7-9-16(19)12-15/h4-12,14H,3,13H2,1-2H3/t14-/m0/s1. The number of benzene rings is 2. The Kier molecular flexibility index (Phi) is 6.02. The molecular formula is C18H20ClNO3S. The van der Waals surface area contributed by atoms with E-state index < -0.39 is 21.0 Å². The van der Waals surface area contributed by atoms with Crippen LogP contribution in [0.25, 0.3) is 0 Å². The summed E-state index contributed by atoms with van der Waals surface area (Å²) in [6.07, 6.45) is 0. The third-order valence-corrected chi connectivity index (χ3v) is 6.04. The Balaban J connectivity index is 2.22. The van der Waals surface area contributed by atoms with Crippen LogP contribution in [-0.4, -0.2) is 26.1 Å².